The first-order valence-electron chi connectivity index (χ1n) is 7.29. The van der Waals surface area contributed by atoms with E-state index in [-0.39, 0.29) is 0 Å². The summed E-state index contributed by atoms with van der Waals surface area (Å²) in [5.74, 6) is 0.630. The molecule has 25 heavy (non-hydrogen) atoms. The van der Waals surface area contributed by atoms with Crippen molar-refractivity contribution in [1.82, 2.24) is 5.32 Å². The molecule has 132 valence electrons. The second kappa shape index (κ2) is 8.99. The maximum atomic E-state index is 12.1. The van der Waals surface area contributed by atoms with Crippen LogP contribution >= 0.6 is 34.8 Å². The molecule has 0 bridgehead atoms. The summed E-state index contributed by atoms with van der Waals surface area (Å²) in [5, 5.41) is 2.53. The van der Waals surface area contributed by atoms with Crippen molar-refractivity contribution in [2.24, 2.45) is 0 Å². The minimum absolute atomic E-state index is 0.421. The minimum Gasteiger partial charge on any atom is -0.497 e. The van der Waals surface area contributed by atoms with Gasteiger partial charge in [0.25, 0.3) is 0 Å². The number of carbonyl (C=O) groups is 1. The Kier molecular flexibility index (Phi) is 7.00. The van der Waals surface area contributed by atoms with E-state index in [1.807, 2.05) is 30.3 Å². The number of methoxy groups -OCH3 is 1. The fourth-order valence-electron chi connectivity index (χ4n) is 1.88. The second-order valence-electron chi connectivity index (χ2n) is 4.97. The quantitative estimate of drug-likeness (QED) is 0.438. The lowest BCUT2D eigenvalue weighted by molar-refractivity contribution is -0.118. The smallest absolute Gasteiger partial charge is 0.246 e. The number of hydrogen-bond acceptors (Lipinski definition) is 3. The average Bonchev–Trinajstić information content (AvgIpc) is 2.60. The molecule has 0 radical (unpaired) electrons. The van der Waals surface area contributed by atoms with Crippen LogP contribution in [0.4, 0.5) is 0 Å². The average molecular weight is 401 g/mol. The van der Waals surface area contributed by atoms with Gasteiger partial charge in [0, 0.05) is 6.08 Å². The lowest BCUT2D eigenvalue weighted by atomic mass is 10.2. The molecule has 0 unspecified atom stereocenters. The van der Waals surface area contributed by atoms with E-state index in [2.05, 4.69) is 5.32 Å². The van der Waals surface area contributed by atoms with Crippen LogP contribution in [0.25, 0.3) is 6.08 Å². The van der Waals surface area contributed by atoms with Gasteiger partial charge in [-0.25, -0.2) is 0 Å². The Balaban J connectivity index is 2.04. The number of alkyl halides is 3. The van der Waals surface area contributed by atoms with E-state index in [1.54, 1.807) is 37.5 Å². The Morgan fingerprint density at radius 2 is 1.64 bits per heavy atom. The van der Waals surface area contributed by atoms with Crippen LogP contribution in [-0.2, 0) is 4.79 Å². The second-order valence-corrected chi connectivity index (χ2v) is 7.34. The third-order valence-corrected chi connectivity index (χ3v) is 3.71. The van der Waals surface area contributed by atoms with E-state index >= 15 is 0 Å². The molecule has 0 saturated heterocycles. The zero-order valence-electron chi connectivity index (χ0n) is 13.3. The van der Waals surface area contributed by atoms with Crippen LogP contribution in [-0.4, -0.2) is 23.0 Å². The number of rotatable bonds is 6. The van der Waals surface area contributed by atoms with Crippen molar-refractivity contribution in [2.45, 2.75) is 10.0 Å². The number of nitrogens with one attached hydrogen (secondary N) is 1. The summed E-state index contributed by atoms with van der Waals surface area (Å²) in [5.41, 5.74) is 0.874. The Labute approximate surface area is 161 Å². The molecule has 2 aromatic rings. The predicted octanol–water partition coefficient (Wildman–Crippen LogP) is 4.60. The number of hydrogen-bond donors (Lipinski definition) is 1. The highest BCUT2D eigenvalue weighted by molar-refractivity contribution is 6.68. The van der Waals surface area contributed by atoms with Crippen molar-refractivity contribution in [3.8, 4) is 11.5 Å². The number of benzene rings is 2. The van der Waals surface area contributed by atoms with E-state index in [9.17, 15) is 4.79 Å². The van der Waals surface area contributed by atoms with E-state index < -0.39 is 15.9 Å². The zero-order chi connectivity index (χ0) is 18.3. The van der Waals surface area contributed by atoms with Gasteiger partial charge in [-0.2, -0.15) is 0 Å². The summed E-state index contributed by atoms with van der Waals surface area (Å²) >= 11 is 17.7. The normalized spacial score (nSPS) is 12.6. The van der Waals surface area contributed by atoms with Gasteiger partial charge in [-0.15, -0.1) is 0 Å². The number of amides is 1. The van der Waals surface area contributed by atoms with Crippen LogP contribution in [0.5, 0.6) is 11.5 Å². The van der Waals surface area contributed by atoms with E-state index in [1.165, 1.54) is 6.08 Å². The summed E-state index contributed by atoms with van der Waals surface area (Å²) in [4.78, 5) is 12.1. The molecule has 1 amide bonds. The predicted molar refractivity (Wildman–Crippen MR) is 101 cm³/mol. The van der Waals surface area contributed by atoms with Crippen LogP contribution in [0.2, 0.25) is 0 Å². The fraction of sp³-hybridized carbons (Fsp3) is 0.167. The van der Waals surface area contributed by atoms with Crippen molar-refractivity contribution in [1.29, 1.82) is 0 Å². The molecule has 2 aromatic carbocycles. The molecule has 0 saturated carbocycles. The van der Waals surface area contributed by atoms with Gasteiger partial charge in [-0.1, -0.05) is 65.1 Å². The summed E-state index contributed by atoms with van der Waals surface area (Å²) in [6.45, 7) is 0. The molecule has 0 aliphatic rings. The first-order chi connectivity index (χ1) is 11.9. The van der Waals surface area contributed by atoms with Gasteiger partial charge in [0.05, 0.1) is 7.11 Å². The standard InChI is InChI=1S/C18H16Cl3NO3/c1-24-14-8-10-15(11-9-14)25-17(18(19,20)21)22-16(23)12-7-13-5-3-2-4-6-13/h2-12,17H,1H3,(H,22,23)/b12-7-/t17-/m1/s1. The Hall–Kier alpha value is -1.88. The molecule has 1 atom stereocenters. The maximum absolute atomic E-state index is 12.1. The molecule has 0 aromatic heterocycles. The highest BCUT2D eigenvalue weighted by atomic mass is 35.6. The fourth-order valence-corrected chi connectivity index (χ4v) is 2.18. The summed E-state index contributed by atoms with van der Waals surface area (Å²) in [7, 11) is 1.55. The lowest BCUT2D eigenvalue weighted by Crippen LogP contribution is -2.47. The van der Waals surface area contributed by atoms with Crippen LogP contribution in [0.1, 0.15) is 5.56 Å². The summed E-state index contributed by atoms with van der Waals surface area (Å²) in [6, 6.07) is 16.0. The third kappa shape index (κ3) is 6.50. The maximum Gasteiger partial charge on any atom is 0.246 e. The molecule has 0 aliphatic heterocycles. The van der Waals surface area contributed by atoms with Crippen molar-refractivity contribution in [2.75, 3.05) is 7.11 Å². The number of halogens is 3. The first-order valence-corrected chi connectivity index (χ1v) is 8.43. The Bertz CT molecular complexity index is 713. The summed E-state index contributed by atoms with van der Waals surface area (Å²) in [6.07, 6.45) is 1.83. The summed E-state index contributed by atoms with van der Waals surface area (Å²) < 4.78 is 8.80. The molecule has 0 fully saturated rings. The van der Waals surface area contributed by atoms with Gasteiger partial charge >= 0.3 is 0 Å². The van der Waals surface area contributed by atoms with Gasteiger partial charge in [-0.05, 0) is 35.9 Å². The van der Waals surface area contributed by atoms with Crippen LogP contribution < -0.4 is 14.8 Å². The topological polar surface area (TPSA) is 47.6 Å². The lowest BCUT2D eigenvalue weighted by Gasteiger charge is -2.25. The largest absolute Gasteiger partial charge is 0.497 e. The van der Waals surface area contributed by atoms with Gasteiger partial charge < -0.3 is 14.8 Å². The van der Waals surface area contributed by atoms with Crippen LogP contribution in [0.15, 0.2) is 60.7 Å². The van der Waals surface area contributed by atoms with E-state index in [4.69, 9.17) is 44.3 Å². The van der Waals surface area contributed by atoms with Crippen molar-refractivity contribution < 1.29 is 14.3 Å². The van der Waals surface area contributed by atoms with Crippen molar-refractivity contribution in [3.63, 3.8) is 0 Å². The highest BCUT2D eigenvalue weighted by Gasteiger charge is 2.35. The molecule has 0 spiro atoms. The molecule has 1 N–H and O–H groups in total. The molecule has 2 rings (SSSR count). The van der Waals surface area contributed by atoms with E-state index in [0.29, 0.717) is 11.5 Å². The Morgan fingerprint density at radius 3 is 2.20 bits per heavy atom. The first kappa shape index (κ1) is 19.4. The van der Waals surface area contributed by atoms with Crippen molar-refractivity contribution >= 4 is 46.8 Å². The highest BCUT2D eigenvalue weighted by Crippen LogP contribution is 2.32. The van der Waals surface area contributed by atoms with Gasteiger partial charge in [0.1, 0.15) is 11.5 Å². The molecule has 4 nitrogen and oxygen atoms in total. The Morgan fingerprint density at radius 1 is 1.04 bits per heavy atom. The zero-order valence-corrected chi connectivity index (χ0v) is 15.6. The molecule has 7 heteroatoms. The molecular formula is C18H16Cl3NO3. The number of ether oxygens (including phenoxy) is 2. The SMILES string of the molecule is COc1ccc(O[C@@H](NC(=O)/C=C\c2ccccc2)C(Cl)(Cl)Cl)cc1. The van der Waals surface area contributed by atoms with Gasteiger partial charge in [0.2, 0.25) is 15.9 Å². The molecule has 0 heterocycles. The van der Waals surface area contributed by atoms with E-state index in [0.717, 1.165) is 5.56 Å². The minimum atomic E-state index is -1.85. The van der Waals surface area contributed by atoms with Crippen LogP contribution in [0.3, 0.4) is 0 Å². The van der Waals surface area contributed by atoms with Gasteiger partial charge in [-0.3, -0.25) is 4.79 Å². The molecular weight excluding hydrogens is 385 g/mol. The van der Waals surface area contributed by atoms with Gasteiger partial charge in [0.15, 0.2) is 0 Å². The number of carbonyl (C=O) groups excluding carboxylic acids is 1. The van der Waals surface area contributed by atoms with Crippen LogP contribution in [0, 0.1) is 0 Å². The monoisotopic (exact) mass is 399 g/mol. The van der Waals surface area contributed by atoms with Crippen molar-refractivity contribution in [3.05, 3.63) is 66.2 Å². The molecule has 0 aliphatic carbocycles. The third-order valence-electron chi connectivity index (χ3n) is 3.11.